The Morgan fingerprint density at radius 3 is 2.43 bits per heavy atom. The first-order valence-corrected chi connectivity index (χ1v) is 9.03. The van der Waals surface area contributed by atoms with Gasteiger partial charge in [-0.05, 0) is 60.7 Å². The summed E-state index contributed by atoms with van der Waals surface area (Å²) in [6, 6.07) is 9.61. The van der Waals surface area contributed by atoms with Gasteiger partial charge in [-0.1, -0.05) is 63.8 Å². The molecule has 2 unspecified atom stereocenters. The Labute approximate surface area is 130 Å². The van der Waals surface area contributed by atoms with E-state index in [4.69, 9.17) is 0 Å². The van der Waals surface area contributed by atoms with Crippen molar-refractivity contribution < 1.29 is 0 Å². The summed E-state index contributed by atoms with van der Waals surface area (Å²) in [5.41, 5.74) is 3.10. The maximum Gasteiger partial charge on any atom is -0.00120 e. The van der Waals surface area contributed by atoms with Crippen LogP contribution in [-0.4, -0.2) is 13.1 Å². The van der Waals surface area contributed by atoms with Crippen LogP contribution in [0.3, 0.4) is 0 Å². The first-order chi connectivity index (χ1) is 10.2. The van der Waals surface area contributed by atoms with Gasteiger partial charge in [0.15, 0.2) is 0 Å². The molecule has 1 aliphatic carbocycles. The molecule has 1 saturated carbocycles. The largest absolute Gasteiger partial charge is 0.316 e. The average Bonchev–Trinajstić information content (AvgIpc) is 3.02. The van der Waals surface area contributed by atoms with E-state index in [-0.39, 0.29) is 0 Å². The van der Waals surface area contributed by atoms with Gasteiger partial charge in [0, 0.05) is 0 Å². The maximum atomic E-state index is 3.65. The van der Waals surface area contributed by atoms with E-state index in [9.17, 15) is 0 Å². The summed E-state index contributed by atoms with van der Waals surface area (Å²) in [6.45, 7) is 7.04. The zero-order chi connectivity index (χ0) is 14.7. The van der Waals surface area contributed by atoms with Gasteiger partial charge in [0.2, 0.25) is 0 Å². The molecule has 1 heteroatoms. The third kappa shape index (κ3) is 3.69. The minimum absolute atomic E-state index is 0.751. The standard InChI is InChI=1S/C20H31N/c1-15(2)13-16-7-9-18(10-8-16)19-11-12-21-14-20(19)17-5-3-4-6-17/h7-10,15,17,19-21H,3-6,11-14H2,1-2H3. The second-order valence-electron chi connectivity index (χ2n) is 7.65. The number of rotatable bonds is 4. The van der Waals surface area contributed by atoms with Crippen LogP contribution in [0.5, 0.6) is 0 Å². The summed E-state index contributed by atoms with van der Waals surface area (Å²) in [4.78, 5) is 0. The molecule has 0 amide bonds. The molecule has 1 saturated heterocycles. The van der Waals surface area contributed by atoms with Gasteiger partial charge in [-0.3, -0.25) is 0 Å². The van der Waals surface area contributed by atoms with Gasteiger partial charge in [0.25, 0.3) is 0 Å². The van der Waals surface area contributed by atoms with Gasteiger partial charge in [-0.25, -0.2) is 0 Å². The maximum absolute atomic E-state index is 3.65. The molecule has 0 aromatic heterocycles. The van der Waals surface area contributed by atoms with E-state index < -0.39 is 0 Å². The molecule has 21 heavy (non-hydrogen) atoms. The monoisotopic (exact) mass is 285 g/mol. The lowest BCUT2D eigenvalue weighted by molar-refractivity contribution is 0.231. The van der Waals surface area contributed by atoms with E-state index in [1.165, 1.54) is 57.2 Å². The zero-order valence-electron chi connectivity index (χ0n) is 13.8. The highest BCUT2D eigenvalue weighted by molar-refractivity contribution is 5.27. The molecule has 116 valence electrons. The molecular formula is C20H31N. The summed E-state index contributed by atoms with van der Waals surface area (Å²) < 4.78 is 0. The Hall–Kier alpha value is -0.820. The second kappa shape index (κ2) is 6.96. The molecule has 2 fully saturated rings. The van der Waals surface area contributed by atoms with Gasteiger partial charge in [0.05, 0.1) is 0 Å². The van der Waals surface area contributed by atoms with Crippen molar-refractivity contribution in [1.82, 2.24) is 5.32 Å². The lowest BCUT2D eigenvalue weighted by Crippen LogP contribution is -2.38. The lowest BCUT2D eigenvalue weighted by Gasteiger charge is -2.36. The number of hydrogen-bond donors (Lipinski definition) is 1. The summed E-state index contributed by atoms with van der Waals surface area (Å²) >= 11 is 0. The smallest absolute Gasteiger partial charge is 0.00120 e. The molecule has 0 bridgehead atoms. The predicted molar refractivity (Wildman–Crippen MR) is 90.7 cm³/mol. The predicted octanol–water partition coefficient (Wildman–Crippen LogP) is 4.77. The van der Waals surface area contributed by atoms with Crippen molar-refractivity contribution in [2.24, 2.45) is 17.8 Å². The molecule has 0 spiro atoms. The summed E-state index contributed by atoms with van der Waals surface area (Å²) in [7, 11) is 0. The number of piperidine rings is 1. The van der Waals surface area contributed by atoms with Crippen LogP contribution in [0.2, 0.25) is 0 Å². The molecule has 1 aromatic rings. The van der Waals surface area contributed by atoms with Gasteiger partial charge in [0.1, 0.15) is 0 Å². The molecule has 3 rings (SSSR count). The summed E-state index contributed by atoms with van der Waals surface area (Å²) in [6.07, 6.45) is 8.38. The SMILES string of the molecule is CC(C)Cc1ccc(C2CCNCC2C2CCCC2)cc1. The Morgan fingerprint density at radius 1 is 1.05 bits per heavy atom. The van der Waals surface area contributed by atoms with Crippen molar-refractivity contribution in [1.29, 1.82) is 0 Å². The molecule has 1 aromatic carbocycles. The van der Waals surface area contributed by atoms with Crippen LogP contribution >= 0.6 is 0 Å². The fourth-order valence-corrected chi connectivity index (χ4v) is 4.55. The van der Waals surface area contributed by atoms with Crippen LogP contribution in [0.4, 0.5) is 0 Å². The Balaban J connectivity index is 1.73. The molecule has 2 atom stereocenters. The van der Waals surface area contributed by atoms with Gasteiger partial charge in [-0.15, -0.1) is 0 Å². The minimum atomic E-state index is 0.751. The molecule has 1 N–H and O–H groups in total. The van der Waals surface area contributed by atoms with Crippen LogP contribution in [0.15, 0.2) is 24.3 Å². The third-order valence-electron chi connectivity index (χ3n) is 5.59. The van der Waals surface area contributed by atoms with E-state index in [0.29, 0.717) is 0 Å². The third-order valence-corrected chi connectivity index (χ3v) is 5.59. The average molecular weight is 285 g/mol. The van der Waals surface area contributed by atoms with Gasteiger partial charge < -0.3 is 5.32 Å². The second-order valence-corrected chi connectivity index (χ2v) is 7.65. The highest BCUT2D eigenvalue weighted by Crippen LogP contribution is 2.41. The molecule has 1 nitrogen and oxygen atoms in total. The normalized spacial score (nSPS) is 27.4. The highest BCUT2D eigenvalue weighted by Gasteiger charge is 2.33. The molecular weight excluding hydrogens is 254 g/mol. The molecule has 1 heterocycles. The van der Waals surface area contributed by atoms with Crippen LogP contribution in [0.1, 0.15) is 63.0 Å². The topological polar surface area (TPSA) is 12.0 Å². The van der Waals surface area contributed by atoms with E-state index >= 15 is 0 Å². The van der Waals surface area contributed by atoms with Crippen molar-refractivity contribution in [3.63, 3.8) is 0 Å². The summed E-state index contributed by atoms with van der Waals surface area (Å²) in [5.74, 6) is 3.39. The fourth-order valence-electron chi connectivity index (χ4n) is 4.55. The minimum Gasteiger partial charge on any atom is -0.316 e. The Morgan fingerprint density at radius 2 is 1.76 bits per heavy atom. The van der Waals surface area contributed by atoms with Crippen molar-refractivity contribution >= 4 is 0 Å². The quantitative estimate of drug-likeness (QED) is 0.840. The zero-order valence-corrected chi connectivity index (χ0v) is 13.8. The molecule has 2 aliphatic rings. The van der Waals surface area contributed by atoms with E-state index in [2.05, 4.69) is 43.4 Å². The Bertz CT molecular complexity index is 428. The van der Waals surface area contributed by atoms with E-state index in [1.54, 1.807) is 5.56 Å². The number of benzene rings is 1. The van der Waals surface area contributed by atoms with E-state index in [1.807, 2.05) is 0 Å². The first kappa shape index (κ1) is 15.1. The van der Waals surface area contributed by atoms with Crippen LogP contribution in [0.25, 0.3) is 0 Å². The van der Waals surface area contributed by atoms with E-state index in [0.717, 1.165) is 23.7 Å². The number of nitrogens with one attached hydrogen (secondary N) is 1. The lowest BCUT2D eigenvalue weighted by atomic mass is 9.73. The van der Waals surface area contributed by atoms with Gasteiger partial charge >= 0.3 is 0 Å². The number of hydrogen-bond acceptors (Lipinski definition) is 1. The van der Waals surface area contributed by atoms with Crippen molar-refractivity contribution in [2.75, 3.05) is 13.1 Å². The van der Waals surface area contributed by atoms with Gasteiger partial charge in [-0.2, -0.15) is 0 Å². The summed E-state index contributed by atoms with van der Waals surface area (Å²) in [5, 5.41) is 3.65. The van der Waals surface area contributed by atoms with Crippen LogP contribution in [0, 0.1) is 17.8 Å². The van der Waals surface area contributed by atoms with Crippen molar-refractivity contribution in [2.45, 2.75) is 58.3 Å². The van der Waals surface area contributed by atoms with Crippen molar-refractivity contribution in [3.8, 4) is 0 Å². The Kier molecular flexibility index (Phi) is 5.00. The molecule has 1 aliphatic heterocycles. The van der Waals surface area contributed by atoms with Crippen LogP contribution in [-0.2, 0) is 6.42 Å². The van der Waals surface area contributed by atoms with Crippen molar-refractivity contribution in [3.05, 3.63) is 35.4 Å². The fraction of sp³-hybridized carbons (Fsp3) is 0.700. The molecule has 0 radical (unpaired) electrons. The highest BCUT2D eigenvalue weighted by atomic mass is 14.9. The first-order valence-electron chi connectivity index (χ1n) is 9.03. The van der Waals surface area contributed by atoms with Crippen LogP contribution < -0.4 is 5.32 Å².